The van der Waals surface area contributed by atoms with Gasteiger partial charge in [-0.1, -0.05) is 12.1 Å². The second-order valence-electron chi connectivity index (χ2n) is 4.07. The summed E-state index contributed by atoms with van der Waals surface area (Å²) in [5.41, 5.74) is 0.679. The second kappa shape index (κ2) is 5.92. The third-order valence-electron chi connectivity index (χ3n) is 2.76. The average molecular weight is 271 g/mol. The molecule has 0 N–H and O–H groups in total. The number of allylic oxidation sites excluding steroid dienone is 1. The lowest BCUT2D eigenvalue weighted by Crippen LogP contribution is -2.00. The van der Waals surface area contributed by atoms with Crippen LogP contribution in [0.5, 0.6) is 0 Å². The number of nitro groups is 1. The third kappa shape index (κ3) is 2.97. The molecular weight excluding hydrogens is 258 g/mol. The zero-order valence-electron chi connectivity index (χ0n) is 10.9. The van der Waals surface area contributed by atoms with E-state index < -0.39 is 4.92 Å². The minimum Gasteiger partial charge on any atom is -0.287 e. The molecule has 20 heavy (non-hydrogen) atoms. The summed E-state index contributed by atoms with van der Waals surface area (Å²) >= 11 is 0. The van der Waals surface area contributed by atoms with Crippen molar-refractivity contribution in [3.8, 4) is 0 Å². The Morgan fingerprint density at radius 3 is 2.80 bits per heavy atom. The molecule has 0 atom stereocenters. The standard InChI is InChI=1S/C14H13N3O3/c1-2-16-10-9-12(15-16)14(18)8-7-11-5-3-4-6-13(11)17(19)20/h3-10H,2H2,1H3/b8-7+. The van der Waals surface area contributed by atoms with Gasteiger partial charge < -0.3 is 0 Å². The van der Waals surface area contributed by atoms with E-state index in [1.165, 1.54) is 18.2 Å². The molecule has 0 saturated carbocycles. The van der Waals surface area contributed by atoms with Crippen molar-refractivity contribution in [1.29, 1.82) is 0 Å². The van der Waals surface area contributed by atoms with Crippen molar-refractivity contribution >= 4 is 17.5 Å². The fraction of sp³-hybridized carbons (Fsp3) is 0.143. The van der Waals surface area contributed by atoms with E-state index in [9.17, 15) is 14.9 Å². The smallest absolute Gasteiger partial charge is 0.276 e. The molecule has 0 saturated heterocycles. The minimum atomic E-state index is -0.476. The third-order valence-corrected chi connectivity index (χ3v) is 2.76. The van der Waals surface area contributed by atoms with E-state index in [0.717, 1.165) is 0 Å². The Kier molecular flexibility index (Phi) is 4.05. The normalized spacial score (nSPS) is 10.8. The Hall–Kier alpha value is -2.76. The minimum absolute atomic E-state index is 0.0318. The summed E-state index contributed by atoms with van der Waals surface area (Å²) in [6, 6.07) is 7.88. The van der Waals surface area contributed by atoms with Crippen molar-refractivity contribution in [3.05, 3.63) is 64.0 Å². The number of ketones is 1. The van der Waals surface area contributed by atoms with Crippen LogP contribution in [0.25, 0.3) is 6.08 Å². The van der Waals surface area contributed by atoms with Crippen LogP contribution in [-0.4, -0.2) is 20.5 Å². The van der Waals surface area contributed by atoms with E-state index in [1.807, 2.05) is 6.92 Å². The first-order valence-electron chi connectivity index (χ1n) is 6.11. The number of carbonyl (C=O) groups is 1. The second-order valence-corrected chi connectivity index (χ2v) is 4.07. The van der Waals surface area contributed by atoms with Crippen LogP contribution in [0.2, 0.25) is 0 Å². The number of nitrogens with zero attached hydrogens (tertiary/aromatic N) is 3. The van der Waals surface area contributed by atoms with Gasteiger partial charge in [-0.3, -0.25) is 19.6 Å². The number of carbonyl (C=O) groups excluding carboxylic acids is 1. The monoisotopic (exact) mass is 271 g/mol. The Morgan fingerprint density at radius 1 is 1.40 bits per heavy atom. The Labute approximate surface area is 115 Å². The molecule has 1 heterocycles. The first kappa shape index (κ1) is 13.7. The Bertz CT molecular complexity index is 674. The van der Waals surface area contributed by atoms with Gasteiger partial charge >= 0.3 is 0 Å². The van der Waals surface area contributed by atoms with Crippen LogP contribution >= 0.6 is 0 Å². The average Bonchev–Trinajstić information content (AvgIpc) is 2.94. The summed E-state index contributed by atoms with van der Waals surface area (Å²) in [5, 5.41) is 14.9. The van der Waals surface area contributed by atoms with Gasteiger partial charge in [-0.2, -0.15) is 5.10 Å². The van der Waals surface area contributed by atoms with Crippen molar-refractivity contribution in [1.82, 2.24) is 9.78 Å². The number of benzene rings is 1. The summed E-state index contributed by atoms with van der Waals surface area (Å²) in [6.45, 7) is 2.60. The van der Waals surface area contributed by atoms with Crippen LogP contribution in [0.1, 0.15) is 23.0 Å². The van der Waals surface area contributed by atoms with E-state index in [-0.39, 0.29) is 11.5 Å². The first-order valence-corrected chi connectivity index (χ1v) is 6.11. The van der Waals surface area contributed by atoms with E-state index in [1.54, 1.807) is 35.1 Å². The quantitative estimate of drug-likeness (QED) is 0.362. The Morgan fingerprint density at radius 2 is 2.15 bits per heavy atom. The maximum absolute atomic E-state index is 11.9. The lowest BCUT2D eigenvalue weighted by atomic mass is 10.1. The highest BCUT2D eigenvalue weighted by molar-refractivity contribution is 6.05. The van der Waals surface area contributed by atoms with Gasteiger partial charge in [-0.05, 0) is 31.2 Å². The zero-order valence-corrected chi connectivity index (χ0v) is 10.9. The molecule has 0 radical (unpaired) electrons. The highest BCUT2D eigenvalue weighted by Crippen LogP contribution is 2.19. The van der Waals surface area contributed by atoms with Gasteiger partial charge in [0, 0.05) is 18.8 Å². The number of aromatic nitrogens is 2. The lowest BCUT2D eigenvalue weighted by Gasteiger charge is -1.96. The van der Waals surface area contributed by atoms with Crippen molar-refractivity contribution in [3.63, 3.8) is 0 Å². The van der Waals surface area contributed by atoms with Gasteiger partial charge in [0.25, 0.3) is 5.69 Å². The maximum Gasteiger partial charge on any atom is 0.276 e. The predicted molar refractivity (Wildman–Crippen MR) is 74.4 cm³/mol. The highest BCUT2D eigenvalue weighted by Gasteiger charge is 2.11. The molecule has 0 aliphatic heterocycles. The molecule has 0 bridgehead atoms. The molecule has 0 spiro atoms. The van der Waals surface area contributed by atoms with Gasteiger partial charge in [0.2, 0.25) is 5.78 Å². The number of hydrogen-bond acceptors (Lipinski definition) is 4. The first-order chi connectivity index (χ1) is 9.61. The number of rotatable bonds is 5. The van der Waals surface area contributed by atoms with E-state index in [4.69, 9.17) is 0 Å². The van der Waals surface area contributed by atoms with Crippen molar-refractivity contribution < 1.29 is 9.72 Å². The lowest BCUT2D eigenvalue weighted by molar-refractivity contribution is -0.385. The topological polar surface area (TPSA) is 78.0 Å². The molecule has 0 fully saturated rings. The molecule has 2 aromatic rings. The van der Waals surface area contributed by atoms with Gasteiger partial charge in [-0.15, -0.1) is 0 Å². The number of aryl methyl sites for hydroxylation is 1. The molecule has 6 nitrogen and oxygen atoms in total. The van der Waals surface area contributed by atoms with Crippen LogP contribution in [0.15, 0.2) is 42.6 Å². The van der Waals surface area contributed by atoms with Gasteiger partial charge in [0.05, 0.1) is 10.5 Å². The number of hydrogen-bond donors (Lipinski definition) is 0. The predicted octanol–water partition coefficient (Wildman–Crippen LogP) is 2.71. The molecular formula is C14H13N3O3. The van der Waals surface area contributed by atoms with Crippen LogP contribution in [-0.2, 0) is 6.54 Å². The van der Waals surface area contributed by atoms with E-state index in [2.05, 4.69) is 5.10 Å². The largest absolute Gasteiger partial charge is 0.287 e. The van der Waals surface area contributed by atoms with Crippen molar-refractivity contribution in [2.75, 3.05) is 0 Å². The molecule has 0 aliphatic carbocycles. The van der Waals surface area contributed by atoms with E-state index in [0.29, 0.717) is 17.8 Å². The van der Waals surface area contributed by atoms with Crippen LogP contribution in [0, 0.1) is 10.1 Å². The molecule has 2 rings (SSSR count). The maximum atomic E-state index is 11.9. The molecule has 1 aromatic carbocycles. The fourth-order valence-corrected chi connectivity index (χ4v) is 1.71. The van der Waals surface area contributed by atoms with Crippen LogP contribution < -0.4 is 0 Å². The van der Waals surface area contributed by atoms with Crippen molar-refractivity contribution in [2.24, 2.45) is 0 Å². The number of nitro benzene ring substituents is 1. The Balaban J connectivity index is 2.21. The molecule has 0 amide bonds. The SMILES string of the molecule is CCn1ccc(C(=O)/C=C/c2ccccc2[N+](=O)[O-])n1. The fourth-order valence-electron chi connectivity index (χ4n) is 1.71. The van der Waals surface area contributed by atoms with Gasteiger partial charge in [0.15, 0.2) is 0 Å². The van der Waals surface area contributed by atoms with E-state index >= 15 is 0 Å². The summed E-state index contributed by atoms with van der Waals surface area (Å²) in [7, 11) is 0. The summed E-state index contributed by atoms with van der Waals surface area (Å²) in [5.74, 6) is -0.282. The molecule has 102 valence electrons. The van der Waals surface area contributed by atoms with Gasteiger partial charge in [-0.25, -0.2) is 0 Å². The molecule has 0 aliphatic rings. The zero-order chi connectivity index (χ0) is 14.5. The highest BCUT2D eigenvalue weighted by atomic mass is 16.6. The van der Waals surface area contributed by atoms with Crippen molar-refractivity contribution in [2.45, 2.75) is 13.5 Å². The molecule has 1 aromatic heterocycles. The summed E-state index contributed by atoms with van der Waals surface area (Å²) < 4.78 is 1.64. The van der Waals surface area contributed by atoms with Crippen LogP contribution in [0.3, 0.4) is 0 Å². The van der Waals surface area contributed by atoms with Gasteiger partial charge in [0.1, 0.15) is 5.69 Å². The summed E-state index contributed by atoms with van der Waals surface area (Å²) in [4.78, 5) is 22.3. The molecule has 6 heteroatoms. The molecule has 0 unspecified atom stereocenters. The summed E-state index contributed by atoms with van der Waals surface area (Å²) in [6.07, 6.45) is 4.45. The van der Waals surface area contributed by atoms with Crippen LogP contribution in [0.4, 0.5) is 5.69 Å². The number of para-hydroxylation sites is 1.